The molecule has 1 saturated heterocycles. The SMILES string of the molecule is COc1ccc(-c2nc(CN3CCC[C@H]3c3ccc4c(c3)OCCCO4)cs2)c(OC)c1. The van der Waals surface area contributed by atoms with Gasteiger partial charge in [-0.25, -0.2) is 4.98 Å². The predicted molar refractivity (Wildman–Crippen MR) is 125 cm³/mol. The number of rotatable bonds is 6. The summed E-state index contributed by atoms with van der Waals surface area (Å²) in [5.74, 6) is 3.27. The zero-order valence-corrected chi connectivity index (χ0v) is 19.3. The molecule has 7 heteroatoms. The number of hydrogen-bond donors (Lipinski definition) is 0. The van der Waals surface area contributed by atoms with E-state index in [0.29, 0.717) is 19.3 Å². The van der Waals surface area contributed by atoms with Gasteiger partial charge >= 0.3 is 0 Å². The Morgan fingerprint density at radius 1 is 1.03 bits per heavy atom. The molecule has 3 heterocycles. The summed E-state index contributed by atoms with van der Waals surface area (Å²) in [7, 11) is 3.34. The van der Waals surface area contributed by atoms with Crippen molar-refractivity contribution in [3.05, 3.63) is 53.0 Å². The highest BCUT2D eigenvalue weighted by Gasteiger charge is 2.28. The monoisotopic (exact) mass is 452 g/mol. The summed E-state index contributed by atoms with van der Waals surface area (Å²) in [6.07, 6.45) is 3.25. The van der Waals surface area contributed by atoms with E-state index in [0.717, 1.165) is 65.2 Å². The minimum absolute atomic E-state index is 0.368. The van der Waals surface area contributed by atoms with Crippen LogP contribution in [0.25, 0.3) is 10.6 Å². The maximum Gasteiger partial charge on any atom is 0.161 e. The molecule has 3 aromatic rings. The van der Waals surface area contributed by atoms with E-state index in [1.54, 1.807) is 25.6 Å². The van der Waals surface area contributed by atoms with Crippen LogP contribution in [0.2, 0.25) is 0 Å². The Hall–Kier alpha value is -2.77. The molecule has 0 saturated carbocycles. The molecule has 0 amide bonds. The van der Waals surface area contributed by atoms with Crippen molar-refractivity contribution < 1.29 is 18.9 Å². The number of methoxy groups -OCH3 is 2. The molecule has 1 fully saturated rings. The van der Waals surface area contributed by atoms with Crippen LogP contribution in [-0.4, -0.2) is 43.9 Å². The minimum Gasteiger partial charge on any atom is -0.497 e. The highest BCUT2D eigenvalue weighted by molar-refractivity contribution is 7.13. The van der Waals surface area contributed by atoms with Crippen LogP contribution in [0, 0.1) is 0 Å². The predicted octanol–water partition coefficient (Wildman–Crippen LogP) is 5.33. The number of thiazole rings is 1. The quantitative estimate of drug-likeness (QED) is 0.504. The third-order valence-electron chi connectivity index (χ3n) is 6.08. The van der Waals surface area contributed by atoms with E-state index in [4.69, 9.17) is 23.9 Å². The van der Waals surface area contributed by atoms with Gasteiger partial charge in [0.25, 0.3) is 0 Å². The average Bonchev–Trinajstić information content (AvgIpc) is 3.42. The van der Waals surface area contributed by atoms with Crippen LogP contribution in [0.3, 0.4) is 0 Å². The summed E-state index contributed by atoms with van der Waals surface area (Å²) in [6.45, 7) is 3.32. The van der Waals surface area contributed by atoms with Crippen molar-refractivity contribution in [3.8, 4) is 33.6 Å². The van der Waals surface area contributed by atoms with Gasteiger partial charge in [-0.1, -0.05) is 6.07 Å². The van der Waals surface area contributed by atoms with Crippen molar-refractivity contribution in [2.45, 2.75) is 31.8 Å². The van der Waals surface area contributed by atoms with E-state index < -0.39 is 0 Å². The molecule has 0 bridgehead atoms. The van der Waals surface area contributed by atoms with E-state index >= 15 is 0 Å². The largest absolute Gasteiger partial charge is 0.497 e. The van der Waals surface area contributed by atoms with Crippen LogP contribution in [0.15, 0.2) is 41.8 Å². The van der Waals surface area contributed by atoms with Crippen LogP contribution in [0.1, 0.15) is 36.6 Å². The number of likely N-dealkylation sites (tertiary alicyclic amines) is 1. The summed E-state index contributed by atoms with van der Waals surface area (Å²) in [4.78, 5) is 7.45. The lowest BCUT2D eigenvalue weighted by molar-refractivity contribution is 0.245. The van der Waals surface area contributed by atoms with Crippen molar-refractivity contribution in [3.63, 3.8) is 0 Å². The molecule has 2 aliphatic rings. The first-order chi connectivity index (χ1) is 15.7. The maximum atomic E-state index is 5.92. The van der Waals surface area contributed by atoms with E-state index in [9.17, 15) is 0 Å². The zero-order valence-electron chi connectivity index (χ0n) is 18.5. The lowest BCUT2D eigenvalue weighted by atomic mass is 10.0. The molecule has 0 aliphatic carbocycles. The van der Waals surface area contributed by atoms with E-state index in [1.165, 1.54) is 12.0 Å². The van der Waals surface area contributed by atoms with Gasteiger partial charge in [0, 0.05) is 30.5 Å². The highest BCUT2D eigenvalue weighted by Crippen LogP contribution is 2.39. The molecule has 1 atom stereocenters. The van der Waals surface area contributed by atoms with Crippen molar-refractivity contribution >= 4 is 11.3 Å². The summed E-state index contributed by atoms with van der Waals surface area (Å²) in [5, 5.41) is 3.12. The van der Waals surface area contributed by atoms with Gasteiger partial charge in [-0.05, 0) is 49.2 Å². The summed E-state index contributed by atoms with van der Waals surface area (Å²) in [5.41, 5.74) is 3.37. The fourth-order valence-corrected chi connectivity index (χ4v) is 5.31. The maximum absolute atomic E-state index is 5.92. The number of ether oxygens (including phenoxy) is 4. The molecule has 2 aliphatic heterocycles. The van der Waals surface area contributed by atoms with E-state index in [-0.39, 0.29) is 0 Å². The summed E-state index contributed by atoms with van der Waals surface area (Å²) < 4.78 is 22.6. The molecule has 168 valence electrons. The van der Waals surface area contributed by atoms with Gasteiger partial charge in [-0.2, -0.15) is 0 Å². The number of fused-ring (bicyclic) bond motifs is 1. The summed E-state index contributed by atoms with van der Waals surface area (Å²) in [6, 6.07) is 12.6. The minimum atomic E-state index is 0.368. The lowest BCUT2D eigenvalue weighted by Crippen LogP contribution is -2.23. The lowest BCUT2D eigenvalue weighted by Gasteiger charge is -2.24. The molecular formula is C25H28N2O4S. The Bertz CT molecular complexity index is 1080. The number of hydrogen-bond acceptors (Lipinski definition) is 7. The van der Waals surface area contributed by atoms with Crippen molar-refractivity contribution in [2.75, 3.05) is 34.0 Å². The van der Waals surface area contributed by atoms with E-state index in [2.05, 4.69) is 28.5 Å². The van der Waals surface area contributed by atoms with Crippen LogP contribution >= 0.6 is 11.3 Å². The Labute approximate surface area is 192 Å². The van der Waals surface area contributed by atoms with Gasteiger partial charge in [0.1, 0.15) is 16.5 Å². The standard InChI is InChI=1S/C25H28N2O4S/c1-28-19-7-8-20(23(14-19)29-2)25-26-18(16-32-25)15-27-10-3-5-21(27)17-6-9-22-24(13-17)31-12-4-11-30-22/h6-9,13-14,16,21H,3-5,10-12,15H2,1-2H3/t21-/m0/s1. The smallest absolute Gasteiger partial charge is 0.161 e. The first kappa shape index (κ1) is 21.1. The zero-order chi connectivity index (χ0) is 21.9. The van der Waals surface area contributed by atoms with Crippen LogP contribution in [0.4, 0.5) is 0 Å². The Balaban J connectivity index is 1.34. The fraction of sp³-hybridized carbons (Fsp3) is 0.400. The molecule has 0 unspecified atom stereocenters. The second kappa shape index (κ2) is 9.38. The third kappa shape index (κ3) is 4.27. The Morgan fingerprint density at radius 3 is 2.75 bits per heavy atom. The molecule has 5 rings (SSSR count). The first-order valence-electron chi connectivity index (χ1n) is 11.1. The second-order valence-electron chi connectivity index (χ2n) is 8.10. The summed E-state index contributed by atoms with van der Waals surface area (Å²) >= 11 is 1.65. The topological polar surface area (TPSA) is 53.1 Å². The first-order valence-corrected chi connectivity index (χ1v) is 11.9. The number of nitrogens with zero attached hydrogens (tertiary/aromatic N) is 2. The highest BCUT2D eigenvalue weighted by atomic mass is 32.1. The van der Waals surface area contributed by atoms with Crippen molar-refractivity contribution in [1.82, 2.24) is 9.88 Å². The molecular weight excluding hydrogens is 424 g/mol. The molecule has 0 spiro atoms. The molecule has 0 N–H and O–H groups in total. The van der Waals surface area contributed by atoms with Gasteiger partial charge in [0.15, 0.2) is 11.5 Å². The molecule has 2 aromatic carbocycles. The average molecular weight is 453 g/mol. The van der Waals surface area contributed by atoms with Gasteiger partial charge < -0.3 is 18.9 Å². The molecule has 32 heavy (non-hydrogen) atoms. The van der Waals surface area contributed by atoms with Crippen LogP contribution in [0.5, 0.6) is 23.0 Å². The van der Waals surface area contributed by atoms with Gasteiger partial charge in [0.05, 0.1) is 38.7 Å². The van der Waals surface area contributed by atoms with Gasteiger partial charge in [0.2, 0.25) is 0 Å². The Kier molecular flexibility index (Phi) is 6.19. The van der Waals surface area contributed by atoms with Gasteiger partial charge in [-0.15, -0.1) is 11.3 Å². The normalized spacial score (nSPS) is 18.4. The third-order valence-corrected chi connectivity index (χ3v) is 7.00. The van der Waals surface area contributed by atoms with Crippen molar-refractivity contribution in [1.29, 1.82) is 0 Å². The molecule has 0 radical (unpaired) electrons. The van der Waals surface area contributed by atoms with Crippen molar-refractivity contribution in [2.24, 2.45) is 0 Å². The molecule has 1 aromatic heterocycles. The number of aromatic nitrogens is 1. The number of benzene rings is 2. The van der Waals surface area contributed by atoms with E-state index in [1.807, 2.05) is 18.2 Å². The van der Waals surface area contributed by atoms with Crippen LogP contribution < -0.4 is 18.9 Å². The van der Waals surface area contributed by atoms with Crippen LogP contribution in [-0.2, 0) is 6.54 Å². The fourth-order valence-electron chi connectivity index (χ4n) is 4.47. The second-order valence-corrected chi connectivity index (χ2v) is 8.95. The van der Waals surface area contributed by atoms with Gasteiger partial charge in [-0.3, -0.25) is 4.90 Å². The molecule has 6 nitrogen and oxygen atoms in total. The Morgan fingerprint density at radius 2 is 1.91 bits per heavy atom.